The zero-order chi connectivity index (χ0) is 17.7. The lowest BCUT2D eigenvalue weighted by Gasteiger charge is -2.05. The average molecular weight is 356 g/mol. The van der Waals surface area contributed by atoms with E-state index >= 15 is 0 Å². The van der Waals surface area contributed by atoms with Crippen molar-refractivity contribution in [3.63, 3.8) is 0 Å². The van der Waals surface area contributed by atoms with Crippen LogP contribution in [-0.4, -0.2) is 20.4 Å². The van der Waals surface area contributed by atoms with Gasteiger partial charge in [-0.3, -0.25) is 4.79 Å². The van der Waals surface area contributed by atoms with Crippen molar-refractivity contribution in [3.8, 4) is 0 Å². The number of hydrogen-bond donors (Lipinski definition) is 2. The van der Waals surface area contributed by atoms with Crippen molar-refractivity contribution in [2.24, 2.45) is 0 Å². The van der Waals surface area contributed by atoms with Gasteiger partial charge in [-0.1, -0.05) is 42.5 Å². The monoisotopic (exact) mass is 356 g/mol. The van der Waals surface area contributed by atoms with Gasteiger partial charge in [-0.05, 0) is 42.2 Å². The summed E-state index contributed by atoms with van der Waals surface area (Å²) in [4.78, 5) is 12.1. The second-order valence-electron chi connectivity index (χ2n) is 6.00. The first kappa shape index (κ1) is 17.4. The van der Waals surface area contributed by atoms with E-state index in [1.54, 1.807) is 30.3 Å². The number of nitrogens with one attached hydrogen (secondary N) is 2. The number of benzene rings is 2. The van der Waals surface area contributed by atoms with Crippen molar-refractivity contribution in [2.45, 2.75) is 30.3 Å². The molecule has 2 aromatic rings. The molecule has 25 heavy (non-hydrogen) atoms. The minimum atomic E-state index is -3.44. The molecular weight excluding hydrogens is 336 g/mol. The fourth-order valence-electron chi connectivity index (χ4n) is 2.26. The SMILES string of the molecule is O=C(/C=C/c1ccc(S(=O)(=O)NC2CC2)cc1)NCc1ccccc1. The van der Waals surface area contributed by atoms with E-state index in [1.807, 2.05) is 30.3 Å². The minimum Gasteiger partial charge on any atom is -0.348 e. The minimum absolute atomic E-state index is 0.0814. The highest BCUT2D eigenvalue weighted by Gasteiger charge is 2.27. The maximum atomic E-state index is 12.1. The molecule has 1 aliphatic carbocycles. The molecular formula is C19H20N2O3S. The standard InChI is InChI=1S/C19H20N2O3S/c22-19(20-14-16-4-2-1-3-5-16)13-8-15-6-11-18(12-7-15)25(23,24)21-17-9-10-17/h1-8,11-13,17,21H,9-10,14H2,(H,20,22)/b13-8+. The predicted molar refractivity (Wildman–Crippen MR) is 97.1 cm³/mol. The van der Waals surface area contributed by atoms with Gasteiger partial charge in [-0.15, -0.1) is 0 Å². The summed E-state index contributed by atoms with van der Waals surface area (Å²) in [5.41, 5.74) is 1.79. The topological polar surface area (TPSA) is 75.3 Å². The summed E-state index contributed by atoms with van der Waals surface area (Å²) in [5, 5.41) is 2.80. The van der Waals surface area contributed by atoms with E-state index in [2.05, 4.69) is 10.0 Å². The lowest BCUT2D eigenvalue weighted by Crippen LogP contribution is -2.25. The highest BCUT2D eigenvalue weighted by atomic mass is 32.2. The summed E-state index contributed by atoms with van der Waals surface area (Å²) in [6.07, 6.45) is 4.90. The molecule has 2 aromatic carbocycles. The van der Waals surface area contributed by atoms with Crippen molar-refractivity contribution >= 4 is 22.0 Å². The number of amides is 1. The summed E-state index contributed by atoms with van der Waals surface area (Å²) in [6.45, 7) is 0.466. The molecule has 0 atom stereocenters. The van der Waals surface area contributed by atoms with Crippen LogP contribution < -0.4 is 10.0 Å². The quantitative estimate of drug-likeness (QED) is 0.748. The largest absolute Gasteiger partial charge is 0.348 e. The molecule has 0 unspecified atom stereocenters. The van der Waals surface area contributed by atoms with E-state index in [1.165, 1.54) is 6.08 Å². The zero-order valence-corrected chi connectivity index (χ0v) is 14.5. The van der Waals surface area contributed by atoms with E-state index in [-0.39, 0.29) is 16.8 Å². The summed E-state index contributed by atoms with van der Waals surface area (Å²) in [5.74, 6) is -0.198. The number of carbonyl (C=O) groups excluding carboxylic acids is 1. The molecule has 1 fully saturated rings. The van der Waals surface area contributed by atoms with Crippen LogP contribution in [0.2, 0.25) is 0 Å². The first-order valence-corrected chi connectivity index (χ1v) is 9.63. The molecule has 2 N–H and O–H groups in total. The van der Waals surface area contributed by atoms with Crippen LogP contribution in [-0.2, 0) is 21.4 Å². The zero-order valence-electron chi connectivity index (χ0n) is 13.7. The van der Waals surface area contributed by atoms with Crippen molar-refractivity contribution in [1.29, 1.82) is 0 Å². The van der Waals surface area contributed by atoms with Crippen LogP contribution in [0.4, 0.5) is 0 Å². The van der Waals surface area contributed by atoms with Gasteiger partial charge in [-0.25, -0.2) is 13.1 Å². The van der Waals surface area contributed by atoms with Gasteiger partial charge >= 0.3 is 0 Å². The van der Waals surface area contributed by atoms with E-state index in [4.69, 9.17) is 0 Å². The molecule has 0 spiro atoms. The smallest absolute Gasteiger partial charge is 0.244 e. The van der Waals surface area contributed by atoms with Gasteiger partial charge in [0.1, 0.15) is 0 Å². The van der Waals surface area contributed by atoms with E-state index in [9.17, 15) is 13.2 Å². The Morgan fingerprint density at radius 1 is 1.04 bits per heavy atom. The average Bonchev–Trinajstić information content (AvgIpc) is 3.43. The first-order chi connectivity index (χ1) is 12.0. The molecule has 1 saturated carbocycles. The van der Waals surface area contributed by atoms with Gasteiger partial charge in [-0.2, -0.15) is 0 Å². The van der Waals surface area contributed by atoms with Crippen LogP contribution >= 0.6 is 0 Å². The van der Waals surface area contributed by atoms with Gasteiger partial charge in [0.25, 0.3) is 0 Å². The third-order valence-electron chi connectivity index (χ3n) is 3.83. The summed E-state index contributed by atoms with van der Waals surface area (Å²) in [6, 6.07) is 16.2. The van der Waals surface area contributed by atoms with E-state index in [0.717, 1.165) is 24.0 Å². The number of hydrogen-bond acceptors (Lipinski definition) is 3. The summed E-state index contributed by atoms with van der Waals surface area (Å²) < 4.78 is 26.8. The summed E-state index contributed by atoms with van der Waals surface area (Å²) >= 11 is 0. The Bertz CT molecular complexity index is 855. The normalized spacial score (nSPS) is 14.6. The van der Waals surface area contributed by atoms with Crippen molar-refractivity contribution in [1.82, 2.24) is 10.0 Å². The van der Waals surface area contributed by atoms with E-state index in [0.29, 0.717) is 6.54 Å². The molecule has 3 rings (SSSR count). The fourth-order valence-corrected chi connectivity index (χ4v) is 3.57. The van der Waals surface area contributed by atoms with Gasteiger partial charge in [0.2, 0.25) is 15.9 Å². The van der Waals surface area contributed by atoms with Crippen LogP contribution in [0, 0.1) is 0 Å². The predicted octanol–water partition coefficient (Wildman–Crippen LogP) is 2.46. The lowest BCUT2D eigenvalue weighted by molar-refractivity contribution is -0.116. The molecule has 5 nitrogen and oxygen atoms in total. The highest BCUT2D eigenvalue weighted by molar-refractivity contribution is 7.89. The van der Waals surface area contributed by atoms with E-state index < -0.39 is 10.0 Å². The fraction of sp³-hybridized carbons (Fsp3) is 0.211. The van der Waals surface area contributed by atoms with Crippen molar-refractivity contribution in [3.05, 3.63) is 71.8 Å². The number of rotatable bonds is 7. The Kier molecular flexibility index (Phi) is 5.31. The second kappa shape index (κ2) is 7.63. The van der Waals surface area contributed by atoms with Gasteiger partial charge in [0.15, 0.2) is 0 Å². The Morgan fingerprint density at radius 2 is 1.72 bits per heavy atom. The van der Waals surface area contributed by atoms with Crippen LogP contribution in [0.15, 0.2) is 65.6 Å². The van der Waals surface area contributed by atoms with Crippen molar-refractivity contribution < 1.29 is 13.2 Å². The van der Waals surface area contributed by atoms with Gasteiger partial charge in [0.05, 0.1) is 4.90 Å². The van der Waals surface area contributed by atoms with Gasteiger partial charge < -0.3 is 5.32 Å². The van der Waals surface area contributed by atoms with Crippen LogP contribution in [0.5, 0.6) is 0 Å². The lowest BCUT2D eigenvalue weighted by atomic mass is 10.2. The highest BCUT2D eigenvalue weighted by Crippen LogP contribution is 2.22. The Hall–Kier alpha value is -2.44. The molecule has 0 heterocycles. The number of carbonyl (C=O) groups is 1. The van der Waals surface area contributed by atoms with Crippen molar-refractivity contribution in [2.75, 3.05) is 0 Å². The Labute approximate surface area is 147 Å². The maximum absolute atomic E-state index is 12.1. The Balaban J connectivity index is 1.55. The third-order valence-corrected chi connectivity index (χ3v) is 5.36. The Morgan fingerprint density at radius 3 is 2.36 bits per heavy atom. The summed E-state index contributed by atoms with van der Waals surface area (Å²) in [7, 11) is -3.44. The first-order valence-electron chi connectivity index (χ1n) is 8.15. The molecule has 0 aromatic heterocycles. The molecule has 0 saturated heterocycles. The molecule has 1 aliphatic rings. The molecule has 1 amide bonds. The maximum Gasteiger partial charge on any atom is 0.244 e. The van der Waals surface area contributed by atoms with Gasteiger partial charge in [0, 0.05) is 18.7 Å². The van der Waals surface area contributed by atoms with Crippen LogP contribution in [0.1, 0.15) is 24.0 Å². The second-order valence-corrected chi connectivity index (χ2v) is 7.72. The third kappa shape index (κ3) is 5.27. The number of sulfonamides is 1. The van der Waals surface area contributed by atoms with Crippen LogP contribution in [0.3, 0.4) is 0 Å². The molecule has 0 bridgehead atoms. The molecule has 6 heteroatoms. The van der Waals surface area contributed by atoms with Crippen LogP contribution in [0.25, 0.3) is 6.08 Å². The molecule has 0 radical (unpaired) electrons. The molecule has 130 valence electrons. The molecule has 0 aliphatic heterocycles.